The lowest BCUT2D eigenvalue weighted by Crippen LogP contribution is -1.98. The van der Waals surface area contributed by atoms with E-state index < -0.39 is 0 Å². The Morgan fingerprint density at radius 2 is 2.07 bits per heavy atom. The lowest BCUT2D eigenvalue weighted by Gasteiger charge is -1.95. The fourth-order valence-corrected chi connectivity index (χ4v) is 3.58. The average Bonchev–Trinajstić information content (AvgIpc) is 2.75. The Morgan fingerprint density at radius 1 is 1.33 bits per heavy atom. The van der Waals surface area contributed by atoms with Crippen LogP contribution in [-0.4, -0.2) is 5.78 Å². The smallest absolute Gasteiger partial charge is 0.208 e. The summed E-state index contributed by atoms with van der Waals surface area (Å²) in [5.74, 6) is -0.0572. The summed E-state index contributed by atoms with van der Waals surface area (Å²) in [6, 6.07) is 1.65. The van der Waals surface area contributed by atoms with Crippen molar-refractivity contribution in [3.05, 3.63) is 41.8 Å². The van der Waals surface area contributed by atoms with Crippen LogP contribution in [0.25, 0.3) is 0 Å². The van der Waals surface area contributed by atoms with Gasteiger partial charge in [-0.1, -0.05) is 0 Å². The maximum atomic E-state index is 12.0. The Hall–Kier alpha value is 0.0900. The fraction of sp³-hybridized carbons (Fsp3) is 0. The highest BCUT2D eigenvalue weighted by Crippen LogP contribution is 2.35. The number of hydrogen-bond acceptors (Lipinski definition) is 3. The first kappa shape index (κ1) is 11.6. The van der Waals surface area contributed by atoms with E-state index in [0.29, 0.717) is 15.1 Å². The van der Waals surface area contributed by atoms with Crippen molar-refractivity contribution in [2.75, 3.05) is 0 Å². The van der Waals surface area contributed by atoms with Gasteiger partial charge >= 0.3 is 0 Å². The summed E-state index contributed by atoms with van der Waals surface area (Å²) in [6.45, 7) is 0. The van der Waals surface area contributed by atoms with E-state index in [-0.39, 0.29) is 5.78 Å². The van der Waals surface area contributed by atoms with Gasteiger partial charge in [-0.2, -0.15) is 0 Å². The first-order valence-electron chi connectivity index (χ1n) is 3.81. The zero-order chi connectivity index (χ0) is 11.0. The molecule has 0 N–H and O–H groups in total. The standard InChI is InChI=1S/C9H3Br3O2S/c10-5-3-15-8(6(5)11)7(13)4-1-2-14-9(4)12/h1-3H. The minimum absolute atomic E-state index is 0.0572. The van der Waals surface area contributed by atoms with E-state index in [9.17, 15) is 4.79 Å². The molecule has 0 saturated carbocycles. The molecule has 0 spiro atoms. The second-order valence-electron chi connectivity index (χ2n) is 2.66. The van der Waals surface area contributed by atoms with Gasteiger partial charge in [-0.3, -0.25) is 4.79 Å². The predicted molar refractivity (Wildman–Crippen MR) is 69.6 cm³/mol. The molecule has 0 amide bonds. The summed E-state index contributed by atoms with van der Waals surface area (Å²) in [4.78, 5) is 12.7. The third-order valence-electron chi connectivity index (χ3n) is 1.76. The number of rotatable bonds is 2. The number of halogens is 3. The normalized spacial score (nSPS) is 10.6. The van der Waals surface area contributed by atoms with Crippen molar-refractivity contribution >= 4 is 64.9 Å². The van der Waals surface area contributed by atoms with Gasteiger partial charge in [0.25, 0.3) is 0 Å². The Balaban J connectivity index is 2.46. The van der Waals surface area contributed by atoms with Crippen LogP contribution >= 0.6 is 59.1 Å². The van der Waals surface area contributed by atoms with Gasteiger partial charge in [-0.05, 0) is 53.9 Å². The number of hydrogen-bond donors (Lipinski definition) is 0. The number of ketones is 1. The van der Waals surface area contributed by atoms with Crippen molar-refractivity contribution in [3.63, 3.8) is 0 Å². The zero-order valence-electron chi connectivity index (χ0n) is 7.09. The Kier molecular flexibility index (Phi) is 3.49. The lowest BCUT2D eigenvalue weighted by atomic mass is 10.2. The number of carbonyl (C=O) groups is 1. The van der Waals surface area contributed by atoms with Gasteiger partial charge < -0.3 is 4.42 Å². The van der Waals surface area contributed by atoms with E-state index in [1.807, 2.05) is 5.38 Å². The molecule has 2 nitrogen and oxygen atoms in total. The topological polar surface area (TPSA) is 30.2 Å². The van der Waals surface area contributed by atoms with Gasteiger partial charge in [-0.15, -0.1) is 11.3 Å². The molecular formula is C9H3Br3O2S. The van der Waals surface area contributed by atoms with Crippen molar-refractivity contribution in [1.82, 2.24) is 0 Å². The van der Waals surface area contributed by atoms with Gasteiger partial charge in [0, 0.05) is 9.85 Å². The monoisotopic (exact) mass is 412 g/mol. The molecule has 0 bridgehead atoms. The van der Waals surface area contributed by atoms with Crippen molar-refractivity contribution in [1.29, 1.82) is 0 Å². The van der Waals surface area contributed by atoms with Crippen molar-refractivity contribution in [3.8, 4) is 0 Å². The van der Waals surface area contributed by atoms with E-state index in [4.69, 9.17) is 4.42 Å². The van der Waals surface area contributed by atoms with E-state index in [2.05, 4.69) is 47.8 Å². The van der Waals surface area contributed by atoms with Gasteiger partial charge in [0.1, 0.15) is 0 Å². The molecule has 0 atom stereocenters. The van der Waals surface area contributed by atoms with Crippen LogP contribution in [0.3, 0.4) is 0 Å². The SMILES string of the molecule is O=C(c1ccoc1Br)c1scc(Br)c1Br. The largest absolute Gasteiger partial charge is 0.457 e. The summed E-state index contributed by atoms with van der Waals surface area (Å²) in [5.41, 5.74) is 0.532. The van der Waals surface area contributed by atoms with E-state index >= 15 is 0 Å². The molecule has 0 aromatic carbocycles. The highest BCUT2D eigenvalue weighted by molar-refractivity contribution is 9.13. The molecular weight excluding hydrogens is 412 g/mol. The average molecular weight is 415 g/mol. The van der Waals surface area contributed by atoms with E-state index in [1.54, 1.807) is 6.07 Å². The maximum Gasteiger partial charge on any atom is 0.208 e. The summed E-state index contributed by atoms with van der Waals surface area (Å²) < 4.78 is 7.16. The minimum atomic E-state index is -0.0572. The van der Waals surface area contributed by atoms with Crippen LogP contribution < -0.4 is 0 Å². The predicted octanol–water partition coefficient (Wildman–Crippen LogP) is 4.86. The Bertz CT molecular complexity index is 515. The summed E-state index contributed by atoms with van der Waals surface area (Å²) in [5, 5.41) is 1.87. The van der Waals surface area contributed by atoms with Crippen LogP contribution in [0.2, 0.25) is 0 Å². The fourth-order valence-electron chi connectivity index (χ4n) is 1.05. The molecule has 0 aliphatic heterocycles. The molecule has 0 fully saturated rings. The number of carbonyl (C=O) groups excluding carboxylic acids is 1. The molecule has 2 heterocycles. The van der Waals surface area contributed by atoms with Gasteiger partial charge in [0.15, 0.2) is 4.67 Å². The molecule has 2 rings (SSSR count). The lowest BCUT2D eigenvalue weighted by molar-refractivity contribution is 0.104. The van der Waals surface area contributed by atoms with Crippen molar-refractivity contribution < 1.29 is 9.21 Å². The summed E-state index contributed by atoms with van der Waals surface area (Å²) in [6.07, 6.45) is 1.48. The molecule has 15 heavy (non-hydrogen) atoms. The number of furan rings is 1. The third kappa shape index (κ3) is 2.13. The summed E-state index contributed by atoms with van der Waals surface area (Å²) in [7, 11) is 0. The molecule has 0 saturated heterocycles. The molecule has 0 aliphatic carbocycles. The van der Waals surface area contributed by atoms with E-state index in [0.717, 1.165) is 8.95 Å². The highest BCUT2D eigenvalue weighted by Gasteiger charge is 2.20. The van der Waals surface area contributed by atoms with Crippen LogP contribution in [0.15, 0.2) is 35.7 Å². The van der Waals surface area contributed by atoms with Gasteiger partial charge in [0.2, 0.25) is 5.78 Å². The van der Waals surface area contributed by atoms with Crippen LogP contribution in [0.4, 0.5) is 0 Å². The molecule has 0 unspecified atom stereocenters. The minimum Gasteiger partial charge on any atom is -0.457 e. The Labute approximate surface area is 115 Å². The third-order valence-corrected chi connectivity index (χ3v) is 5.90. The zero-order valence-corrected chi connectivity index (χ0v) is 12.7. The molecule has 6 heteroatoms. The van der Waals surface area contributed by atoms with Crippen molar-refractivity contribution in [2.24, 2.45) is 0 Å². The van der Waals surface area contributed by atoms with Crippen LogP contribution in [0.1, 0.15) is 15.2 Å². The second-order valence-corrected chi connectivity index (χ2v) is 5.91. The molecule has 0 aliphatic rings. The maximum absolute atomic E-state index is 12.0. The Morgan fingerprint density at radius 3 is 2.53 bits per heavy atom. The molecule has 2 aromatic rings. The molecule has 78 valence electrons. The van der Waals surface area contributed by atoms with E-state index in [1.165, 1.54) is 17.6 Å². The molecule has 2 aromatic heterocycles. The number of thiophene rings is 1. The van der Waals surface area contributed by atoms with Crippen LogP contribution in [0, 0.1) is 0 Å². The first-order chi connectivity index (χ1) is 7.11. The summed E-state index contributed by atoms with van der Waals surface area (Å²) >= 11 is 11.3. The quantitative estimate of drug-likeness (QED) is 0.657. The second kappa shape index (κ2) is 4.53. The van der Waals surface area contributed by atoms with Crippen LogP contribution in [-0.2, 0) is 0 Å². The van der Waals surface area contributed by atoms with Crippen LogP contribution in [0.5, 0.6) is 0 Å². The van der Waals surface area contributed by atoms with Gasteiger partial charge in [-0.25, -0.2) is 0 Å². The van der Waals surface area contributed by atoms with Gasteiger partial charge in [0.05, 0.1) is 21.2 Å². The first-order valence-corrected chi connectivity index (χ1v) is 7.07. The van der Waals surface area contributed by atoms with Crippen molar-refractivity contribution in [2.45, 2.75) is 0 Å². The highest BCUT2D eigenvalue weighted by atomic mass is 79.9. The molecule has 0 radical (unpaired) electrons.